The van der Waals surface area contributed by atoms with Gasteiger partial charge in [0.05, 0.1) is 11.8 Å². The third-order valence-electron chi connectivity index (χ3n) is 2.37. The molecule has 2 rings (SSSR count). The van der Waals surface area contributed by atoms with Gasteiger partial charge >= 0.3 is 0 Å². The van der Waals surface area contributed by atoms with Crippen LogP contribution in [-0.2, 0) is 0 Å². The molecule has 3 nitrogen and oxygen atoms in total. The van der Waals surface area contributed by atoms with Crippen LogP contribution in [0.5, 0.6) is 0 Å². The van der Waals surface area contributed by atoms with E-state index in [1.165, 1.54) is 4.88 Å². The molecule has 0 spiro atoms. The number of rotatable bonds is 4. The summed E-state index contributed by atoms with van der Waals surface area (Å²) >= 11 is 3.21. The lowest BCUT2D eigenvalue weighted by atomic mass is 10.1. The number of hydrogen-bond acceptors (Lipinski definition) is 4. The molecule has 2 aromatic rings. The molecule has 94 valence electrons. The van der Waals surface area contributed by atoms with E-state index in [1.807, 2.05) is 28.3 Å². The highest BCUT2D eigenvalue weighted by Gasteiger charge is 2.09. The lowest BCUT2D eigenvalue weighted by Crippen LogP contribution is -2.16. The monoisotopic (exact) mass is 278 g/mol. The topological polar surface area (TPSA) is 41.5 Å². The zero-order chi connectivity index (χ0) is 13.0. The molecule has 0 saturated carbocycles. The summed E-state index contributed by atoms with van der Waals surface area (Å²) in [6, 6.07) is 3.87. The van der Waals surface area contributed by atoms with Crippen LogP contribution < -0.4 is 5.43 Å². The van der Waals surface area contributed by atoms with Crippen LogP contribution in [0.25, 0.3) is 0 Å². The molecule has 0 bridgehead atoms. The minimum atomic E-state index is -0.162. The van der Waals surface area contributed by atoms with Crippen molar-refractivity contribution >= 4 is 34.8 Å². The van der Waals surface area contributed by atoms with E-state index in [9.17, 15) is 4.79 Å². The number of amides is 1. The van der Waals surface area contributed by atoms with E-state index in [1.54, 1.807) is 28.9 Å². The average Bonchev–Trinajstić information content (AvgIpc) is 2.99. The molecular weight excluding hydrogens is 264 g/mol. The summed E-state index contributed by atoms with van der Waals surface area (Å²) in [5.74, 6) is 0.287. The summed E-state index contributed by atoms with van der Waals surface area (Å²) in [7, 11) is 0. The normalized spacial score (nSPS) is 11.3. The molecule has 0 aromatic carbocycles. The molecule has 2 heterocycles. The number of thiophene rings is 2. The van der Waals surface area contributed by atoms with Crippen LogP contribution in [-0.4, -0.2) is 12.1 Å². The third-order valence-corrected chi connectivity index (χ3v) is 4.31. The fourth-order valence-corrected chi connectivity index (χ4v) is 2.87. The molecule has 0 fully saturated rings. The molecular formula is C13H14N2OS2. The van der Waals surface area contributed by atoms with Gasteiger partial charge in [0.25, 0.3) is 5.91 Å². The Kier molecular flexibility index (Phi) is 4.28. The van der Waals surface area contributed by atoms with Crippen molar-refractivity contribution < 1.29 is 4.79 Å². The van der Waals surface area contributed by atoms with Crippen molar-refractivity contribution in [3.05, 3.63) is 44.3 Å². The van der Waals surface area contributed by atoms with Crippen LogP contribution in [0.3, 0.4) is 0 Å². The molecule has 2 aromatic heterocycles. The van der Waals surface area contributed by atoms with Gasteiger partial charge in [-0.2, -0.15) is 16.4 Å². The summed E-state index contributed by atoms with van der Waals surface area (Å²) in [6.07, 6.45) is 1.64. The SMILES string of the molecule is CC(C)c1cc(C(=O)NN=Cc2ccsc2)cs1. The van der Waals surface area contributed by atoms with Gasteiger partial charge in [-0.25, -0.2) is 5.43 Å². The molecule has 5 heteroatoms. The molecule has 0 saturated heterocycles. The van der Waals surface area contributed by atoms with Gasteiger partial charge in [-0.3, -0.25) is 4.79 Å². The van der Waals surface area contributed by atoms with E-state index >= 15 is 0 Å². The first-order chi connectivity index (χ1) is 8.66. The van der Waals surface area contributed by atoms with E-state index in [2.05, 4.69) is 24.4 Å². The molecule has 0 aliphatic carbocycles. The van der Waals surface area contributed by atoms with Gasteiger partial charge in [0.1, 0.15) is 0 Å². The second-order valence-corrected chi connectivity index (χ2v) is 5.87. The van der Waals surface area contributed by atoms with Gasteiger partial charge in [-0.1, -0.05) is 13.8 Å². The zero-order valence-electron chi connectivity index (χ0n) is 10.2. The van der Waals surface area contributed by atoms with Gasteiger partial charge in [-0.15, -0.1) is 11.3 Å². The highest BCUT2D eigenvalue weighted by molar-refractivity contribution is 7.10. The largest absolute Gasteiger partial charge is 0.272 e. The van der Waals surface area contributed by atoms with Crippen molar-refractivity contribution in [3.8, 4) is 0 Å². The Bertz CT molecular complexity index is 541. The van der Waals surface area contributed by atoms with Gasteiger partial charge in [-0.05, 0) is 28.8 Å². The smallest absolute Gasteiger partial charge is 0.267 e. The Morgan fingerprint density at radius 1 is 1.44 bits per heavy atom. The summed E-state index contributed by atoms with van der Waals surface area (Å²) in [5.41, 5.74) is 4.20. The van der Waals surface area contributed by atoms with Crippen molar-refractivity contribution in [2.75, 3.05) is 0 Å². The van der Waals surface area contributed by atoms with Crippen molar-refractivity contribution in [1.82, 2.24) is 5.43 Å². The lowest BCUT2D eigenvalue weighted by molar-refractivity contribution is 0.0955. The quantitative estimate of drug-likeness (QED) is 0.672. The van der Waals surface area contributed by atoms with E-state index in [0.29, 0.717) is 11.5 Å². The Labute approximate surface area is 114 Å². The van der Waals surface area contributed by atoms with Crippen molar-refractivity contribution in [2.45, 2.75) is 19.8 Å². The maximum Gasteiger partial charge on any atom is 0.272 e. The third kappa shape index (κ3) is 3.27. The average molecular weight is 278 g/mol. The maximum atomic E-state index is 11.8. The van der Waals surface area contributed by atoms with Crippen LogP contribution in [0.2, 0.25) is 0 Å². The summed E-state index contributed by atoms with van der Waals surface area (Å²) < 4.78 is 0. The Morgan fingerprint density at radius 3 is 2.89 bits per heavy atom. The minimum Gasteiger partial charge on any atom is -0.267 e. The first-order valence-electron chi connectivity index (χ1n) is 5.61. The first kappa shape index (κ1) is 13.0. The second-order valence-electron chi connectivity index (χ2n) is 4.15. The van der Waals surface area contributed by atoms with Crippen LogP contribution in [0, 0.1) is 0 Å². The summed E-state index contributed by atoms with van der Waals surface area (Å²) in [4.78, 5) is 13.0. The predicted octanol–water partition coefficient (Wildman–Crippen LogP) is 3.70. The Balaban J connectivity index is 1.95. The highest BCUT2D eigenvalue weighted by atomic mass is 32.1. The molecule has 1 amide bonds. The number of nitrogens with zero attached hydrogens (tertiary/aromatic N) is 1. The number of hydrogen-bond donors (Lipinski definition) is 1. The molecule has 0 unspecified atom stereocenters. The molecule has 0 radical (unpaired) electrons. The van der Waals surface area contributed by atoms with Gasteiger partial charge in [0.15, 0.2) is 0 Å². The number of carbonyl (C=O) groups excluding carboxylic acids is 1. The van der Waals surface area contributed by atoms with E-state index in [4.69, 9.17) is 0 Å². The predicted molar refractivity (Wildman–Crippen MR) is 77.8 cm³/mol. The highest BCUT2D eigenvalue weighted by Crippen LogP contribution is 2.22. The fourth-order valence-electron chi connectivity index (χ4n) is 1.35. The van der Waals surface area contributed by atoms with Crippen molar-refractivity contribution in [2.24, 2.45) is 5.10 Å². The van der Waals surface area contributed by atoms with Crippen LogP contribution in [0.4, 0.5) is 0 Å². The minimum absolute atomic E-state index is 0.162. The van der Waals surface area contributed by atoms with E-state index in [0.717, 1.165) is 5.56 Å². The van der Waals surface area contributed by atoms with Crippen LogP contribution in [0.15, 0.2) is 33.4 Å². The Morgan fingerprint density at radius 2 is 2.28 bits per heavy atom. The van der Waals surface area contributed by atoms with Crippen molar-refractivity contribution in [3.63, 3.8) is 0 Å². The second kappa shape index (κ2) is 5.93. The van der Waals surface area contributed by atoms with E-state index in [-0.39, 0.29) is 5.91 Å². The molecule has 0 aliphatic rings. The number of hydrazone groups is 1. The molecule has 0 aliphatic heterocycles. The summed E-state index contributed by atoms with van der Waals surface area (Å²) in [6.45, 7) is 4.23. The standard InChI is InChI=1S/C13H14N2OS2/c1-9(2)12-5-11(8-18-12)13(16)15-14-6-10-3-4-17-7-10/h3-9H,1-2H3,(H,15,16). The first-order valence-corrected chi connectivity index (χ1v) is 7.43. The molecule has 1 N–H and O–H groups in total. The summed E-state index contributed by atoms with van der Waals surface area (Å²) in [5, 5.41) is 9.74. The van der Waals surface area contributed by atoms with Gasteiger partial charge < -0.3 is 0 Å². The Hall–Kier alpha value is -1.46. The van der Waals surface area contributed by atoms with Gasteiger partial charge in [0.2, 0.25) is 0 Å². The maximum absolute atomic E-state index is 11.8. The fraction of sp³-hybridized carbons (Fsp3) is 0.231. The number of carbonyl (C=O) groups is 1. The molecule has 0 atom stereocenters. The lowest BCUT2D eigenvalue weighted by Gasteiger charge is -1.98. The van der Waals surface area contributed by atoms with Crippen molar-refractivity contribution in [1.29, 1.82) is 0 Å². The van der Waals surface area contributed by atoms with Crippen LogP contribution in [0.1, 0.15) is 40.6 Å². The van der Waals surface area contributed by atoms with E-state index < -0.39 is 0 Å². The van der Waals surface area contributed by atoms with Gasteiger partial charge in [0, 0.05) is 15.8 Å². The van der Waals surface area contributed by atoms with Crippen LogP contribution >= 0.6 is 22.7 Å². The zero-order valence-corrected chi connectivity index (χ0v) is 11.8. The molecule has 18 heavy (non-hydrogen) atoms. The number of nitrogens with one attached hydrogen (secondary N) is 1.